The van der Waals surface area contributed by atoms with Crippen LogP contribution in [0.25, 0.3) is 0 Å². The van der Waals surface area contributed by atoms with E-state index in [-0.39, 0.29) is 11.3 Å². The van der Waals surface area contributed by atoms with Gasteiger partial charge in [-0.25, -0.2) is 0 Å². The maximum Gasteiger partial charge on any atom is 0.224 e. The summed E-state index contributed by atoms with van der Waals surface area (Å²) in [5.41, 5.74) is 9.03. The first kappa shape index (κ1) is 16.7. The van der Waals surface area contributed by atoms with E-state index in [0.717, 1.165) is 30.5 Å². The molecule has 3 heteroatoms. The summed E-state index contributed by atoms with van der Waals surface area (Å²) in [7, 11) is 0. The molecule has 1 amide bonds. The van der Waals surface area contributed by atoms with Gasteiger partial charge in [0.25, 0.3) is 0 Å². The molecule has 0 atom stereocenters. The Kier molecular flexibility index (Phi) is 6.21. The Morgan fingerprint density at radius 3 is 2.60 bits per heavy atom. The fraction of sp³-hybridized carbons (Fsp3) is 0.588. The molecule has 0 bridgehead atoms. The van der Waals surface area contributed by atoms with E-state index in [4.69, 9.17) is 5.73 Å². The van der Waals surface area contributed by atoms with Crippen LogP contribution in [0.4, 0.5) is 5.69 Å². The van der Waals surface area contributed by atoms with E-state index in [2.05, 4.69) is 32.2 Å². The van der Waals surface area contributed by atoms with Crippen molar-refractivity contribution in [1.82, 2.24) is 0 Å². The van der Waals surface area contributed by atoms with E-state index in [0.29, 0.717) is 13.0 Å². The number of nitrogens with one attached hydrogen (secondary N) is 1. The summed E-state index contributed by atoms with van der Waals surface area (Å²) in [5.74, 6) is 0.0964. The van der Waals surface area contributed by atoms with Crippen molar-refractivity contribution in [2.45, 2.75) is 53.4 Å². The molecule has 0 aromatic heterocycles. The number of hydrogen-bond donors (Lipinski definition) is 2. The van der Waals surface area contributed by atoms with Gasteiger partial charge in [-0.05, 0) is 49.3 Å². The standard InChI is InChI=1S/C17H28N2O/c1-5-14-8-6-7-13(2)16(14)19-15(20)9-10-17(3,4)11-12-18/h6-8H,5,9-12,18H2,1-4H3,(H,19,20). The van der Waals surface area contributed by atoms with Crippen molar-refractivity contribution >= 4 is 11.6 Å². The quantitative estimate of drug-likeness (QED) is 0.798. The van der Waals surface area contributed by atoms with E-state index in [1.54, 1.807) is 0 Å². The zero-order valence-electron chi connectivity index (χ0n) is 13.3. The highest BCUT2D eigenvalue weighted by atomic mass is 16.1. The van der Waals surface area contributed by atoms with Crippen LogP contribution in [-0.2, 0) is 11.2 Å². The average molecular weight is 276 g/mol. The van der Waals surface area contributed by atoms with Gasteiger partial charge in [0.15, 0.2) is 0 Å². The normalized spacial score (nSPS) is 11.4. The van der Waals surface area contributed by atoms with Gasteiger partial charge in [-0.15, -0.1) is 0 Å². The van der Waals surface area contributed by atoms with Crippen molar-refractivity contribution in [2.75, 3.05) is 11.9 Å². The van der Waals surface area contributed by atoms with Crippen molar-refractivity contribution in [1.29, 1.82) is 0 Å². The van der Waals surface area contributed by atoms with Crippen molar-refractivity contribution in [3.05, 3.63) is 29.3 Å². The fourth-order valence-electron chi connectivity index (χ4n) is 2.37. The molecule has 0 spiro atoms. The Morgan fingerprint density at radius 1 is 1.30 bits per heavy atom. The average Bonchev–Trinajstić information content (AvgIpc) is 2.39. The second kappa shape index (κ2) is 7.44. The van der Waals surface area contributed by atoms with Crippen LogP contribution in [0.15, 0.2) is 18.2 Å². The van der Waals surface area contributed by atoms with E-state index < -0.39 is 0 Å². The Hall–Kier alpha value is -1.35. The summed E-state index contributed by atoms with van der Waals surface area (Å²) in [5, 5.41) is 3.07. The largest absolute Gasteiger partial charge is 0.330 e. The number of carbonyl (C=O) groups is 1. The molecule has 0 heterocycles. The van der Waals surface area contributed by atoms with E-state index in [1.807, 2.05) is 19.1 Å². The van der Waals surface area contributed by atoms with Gasteiger partial charge in [0, 0.05) is 12.1 Å². The SMILES string of the molecule is CCc1cccc(C)c1NC(=O)CCC(C)(C)CCN. The lowest BCUT2D eigenvalue weighted by atomic mass is 9.84. The molecule has 112 valence electrons. The molecule has 0 aliphatic heterocycles. The van der Waals surface area contributed by atoms with Gasteiger partial charge >= 0.3 is 0 Å². The van der Waals surface area contributed by atoms with Gasteiger partial charge in [-0.3, -0.25) is 4.79 Å². The number of amides is 1. The highest BCUT2D eigenvalue weighted by Gasteiger charge is 2.18. The third kappa shape index (κ3) is 4.97. The van der Waals surface area contributed by atoms with Crippen molar-refractivity contribution in [2.24, 2.45) is 11.1 Å². The second-order valence-electron chi connectivity index (χ2n) is 6.21. The molecule has 20 heavy (non-hydrogen) atoms. The predicted octanol–water partition coefficient (Wildman–Crippen LogP) is 3.65. The molecular weight excluding hydrogens is 248 g/mol. The Balaban J connectivity index is 2.63. The lowest BCUT2D eigenvalue weighted by Gasteiger charge is -2.23. The fourth-order valence-corrected chi connectivity index (χ4v) is 2.37. The van der Waals surface area contributed by atoms with Gasteiger partial charge < -0.3 is 11.1 Å². The van der Waals surface area contributed by atoms with E-state index in [9.17, 15) is 4.79 Å². The number of rotatable bonds is 7. The number of para-hydroxylation sites is 1. The van der Waals surface area contributed by atoms with Crippen LogP contribution in [0.5, 0.6) is 0 Å². The van der Waals surface area contributed by atoms with Crippen LogP contribution < -0.4 is 11.1 Å². The Morgan fingerprint density at radius 2 is 2.00 bits per heavy atom. The molecular formula is C17H28N2O. The lowest BCUT2D eigenvalue weighted by molar-refractivity contribution is -0.116. The minimum atomic E-state index is 0.0964. The van der Waals surface area contributed by atoms with Crippen LogP contribution in [0.2, 0.25) is 0 Å². The lowest BCUT2D eigenvalue weighted by Crippen LogP contribution is -2.21. The summed E-state index contributed by atoms with van der Waals surface area (Å²) < 4.78 is 0. The molecule has 0 aliphatic rings. The summed E-state index contributed by atoms with van der Waals surface area (Å²) in [6.45, 7) is 9.14. The predicted molar refractivity (Wildman–Crippen MR) is 85.9 cm³/mol. The highest BCUT2D eigenvalue weighted by molar-refractivity contribution is 5.92. The minimum absolute atomic E-state index is 0.0964. The molecule has 0 saturated heterocycles. The van der Waals surface area contributed by atoms with Crippen molar-refractivity contribution < 1.29 is 4.79 Å². The Labute approximate surface area is 122 Å². The molecule has 3 N–H and O–H groups in total. The molecule has 0 saturated carbocycles. The van der Waals surface area contributed by atoms with Gasteiger partial charge in [0.2, 0.25) is 5.91 Å². The van der Waals surface area contributed by atoms with Crippen LogP contribution in [0.1, 0.15) is 51.2 Å². The van der Waals surface area contributed by atoms with Crippen LogP contribution in [0, 0.1) is 12.3 Å². The van der Waals surface area contributed by atoms with Gasteiger partial charge in [-0.2, -0.15) is 0 Å². The smallest absolute Gasteiger partial charge is 0.224 e. The monoisotopic (exact) mass is 276 g/mol. The topological polar surface area (TPSA) is 55.1 Å². The maximum absolute atomic E-state index is 12.1. The first-order chi connectivity index (χ1) is 9.39. The van der Waals surface area contributed by atoms with Gasteiger partial charge in [0.1, 0.15) is 0 Å². The first-order valence-electron chi connectivity index (χ1n) is 7.48. The number of nitrogens with two attached hydrogens (primary N) is 1. The molecule has 3 nitrogen and oxygen atoms in total. The maximum atomic E-state index is 12.1. The van der Waals surface area contributed by atoms with Crippen LogP contribution in [-0.4, -0.2) is 12.5 Å². The summed E-state index contributed by atoms with van der Waals surface area (Å²) >= 11 is 0. The third-order valence-electron chi connectivity index (χ3n) is 3.85. The number of benzene rings is 1. The van der Waals surface area contributed by atoms with Crippen LogP contribution in [0.3, 0.4) is 0 Å². The molecule has 0 unspecified atom stereocenters. The van der Waals surface area contributed by atoms with Crippen LogP contribution >= 0.6 is 0 Å². The highest BCUT2D eigenvalue weighted by Crippen LogP contribution is 2.27. The third-order valence-corrected chi connectivity index (χ3v) is 3.85. The number of anilines is 1. The first-order valence-corrected chi connectivity index (χ1v) is 7.48. The minimum Gasteiger partial charge on any atom is -0.330 e. The zero-order chi connectivity index (χ0) is 15.2. The van der Waals surface area contributed by atoms with Gasteiger partial charge in [-0.1, -0.05) is 39.0 Å². The van der Waals surface area contributed by atoms with Gasteiger partial charge in [0.05, 0.1) is 0 Å². The number of carbonyl (C=O) groups excluding carboxylic acids is 1. The van der Waals surface area contributed by atoms with E-state index in [1.165, 1.54) is 5.56 Å². The summed E-state index contributed by atoms with van der Waals surface area (Å²) in [6.07, 6.45) is 3.29. The van der Waals surface area contributed by atoms with Crippen molar-refractivity contribution in [3.8, 4) is 0 Å². The summed E-state index contributed by atoms with van der Waals surface area (Å²) in [4.78, 5) is 12.1. The number of hydrogen-bond acceptors (Lipinski definition) is 2. The molecule has 0 aliphatic carbocycles. The molecule has 1 aromatic carbocycles. The molecule has 1 aromatic rings. The van der Waals surface area contributed by atoms with Crippen molar-refractivity contribution in [3.63, 3.8) is 0 Å². The second-order valence-corrected chi connectivity index (χ2v) is 6.21. The molecule has 0 fully saturated rings. The molecule has 0 radical (unpaired) electrons. The molecule has 1 rings (SSSR count). The Bertz CT molecular complexity index is 452. The number of aryl methyl sites for hydroxylation is 2. The van der Waals surface area contributed by atoms with E-state index >= 15 is 0 Å². The zero-order valence-corrected chi connectivity index (χ0v) is 13.3. The summed E-state index contributed by atoms with van der Waals surface area (Å²) in [6, 6.07) is 6.14.